The maximum Gasteiger partial charge on any atom is 0.110 e. The number of hydrogen-bond donors (Lipinski definition) is 1. The molecule has 1 N–H and O–H groups in total. The van der Waals surface area contributed by atoms with Crippen LogP contribution in [0.5, 0.6) is 0 Å². The van der Waals surface area contributed by atoms with Crippen molar-refractivity contribution in [3.05, 3.63) is 51.5 Å². The molecule has 3 heteroatoms. The number of hydrogen-bond acceptors (Lipinski definition) is 3. The second kappa shape index (κ2) is 6.06. The maximum atomic E-state index is 4.53. The Morgan fingerprint density at radius 2 is 1.85 bits per heavy atom. The zero-order chi connectivity index (χ0) is 14.8. The molecule has 0 fully saturated rings. The van der Waals surface area contributed by atoms with Crippen molar-refractivity contribution in [2.75, 3.05) is 0 Å². The van der Waals surface area contributed by atoms with Gasteiger partial charge in [-0.15, -0.1) is 11.3 Å². The summed E-state index contributed by atoms with van der Waals surface area (Å²) in [5.74, 6) is 0. The van der Waals surface area contributed by atoms with E-state index in [1.807, 2.05) is 6.92 Å². The summed E-state index contributed by atoms with van der Waals surface area (Å²) in [5.41, 5.74) is 4.02. The SMILES string of the molecule is Cc1csc(C(C)NCc2ccc(C(C)(C)C)cc2)n1. The van der Waals surface area contributed by atoms with Crippen molar-refractivity contribution in [1.82, 2.24) is 10.3 Å². The van der Waals surface area contributed by atoms with E-state index in [2.05, 4.69) is 67.6 Å². The molecule has 2 nitrogen and oxygen atoms in total. The Balaban J connectivity index is 1.94. The van der Waals surface area contributed by atoms with E-state index in [9.17, 15) is 0 Å². The number of rotatable bonds is 4. The van der Waals surface area contributed by atoms with E-state index < -0.39 is 0 Å². The van der Waals surface area contributed by atoms with Gasteiger partial charge in [0.1, 0.15) is 5.01 Å². The zero-order valence-corrected chi connectivity index (χ0v) is 13.8. The molecule has 0 spiro atoms. The summed E-state index contributed by atoms with van der Waals surface area (Å²) in [4.78, 5) is 4.53. The molecule has 0 aliphatic rings. The first-order chi connectivity index (χ1) is 9.36. The third kappa shape index (κ3) is 3.90. The molecule has 0 bridgehead atoms. The molecule has 0 saturated carbocycles. The van der Waals surface area contributed by atoms with Crippen molar-refractivity contribution in [3.8, 4) is 0 Å². The second-order valence-corrected chi connectivity index (χ2v) is 7.27. The molecule has 0 aliphatic carbocycles. The number of nitrogens with zero attached hydrogens (tertiary/aromatic N) is 1. The molecule has 2 aromatic rings. The molecule has 108 valence electrons. The fourth-order valence-corrected chi connectivity index (χ4v) is 2.88. The lowest BCUT2D eigenvalue weighted by Gasteiger charge is -2.19. The highest BCUT2D eigenvalue weighted by Gasteiger charge is 2.13. The van der Waals surface area contributed by atoms with E-state index in [0.717, 1.165) is 17.2 Å². The molecule has 2 rings (SSSR count). The number of thiazole rings is 1. The van der Waals surface area contributed by atoms with Crippen molar-refractivity contribution in [2.45, 2.75) is 52.6 Å². The van der Waals surface area contributed by atoms with Crippen molar-refractivity contribution < 1.29 is 0 Å². The molecular weight excluding hydrogens is 264 g/mol. The number of nitrogens with one attached hydrogen (secondary N) is 1. The average Bonchev–Trinajstić information content (AvgIpc) is 2.82. The summed E-state index contributed by atoms with van der Waals surface area (Å²) in [6, 6.07) is 9.20. The summed E-state index contributed by atoms with van der Waals surface area (Å²) in [5, 5.41) is 6.80. The van der Waals surface area contributed by atoms with Crippen LogP contribution in [0.4, 0.5) is 0 Å². The van der Waals surface area contributed by atoms with Gasteiger partial charge in [0.2, 0.25) is 0 Å². The molecule has 0 saturated heterocycles. The van der Waals surface area contributed by atoms with Gasteiger partial charge in [0, 0.05) is 17.6 Å². The van der Waals surface area contributed by atoms with Crippen molar-refractivity contribution >= 4 is 11.3 Å². The van der Waals surface area contributed by atoms with Crippen molar-refractivity contribution in [3.63, 3.8) is 0 Å². The number of aromatic nitrogens is 1. The van der Waals surface area contributed by atoms with Crippen LogP contribution in [0.1, 0.15) is 55.6 Å². The minimum Gasteiger partial charge on any atom is -0.304 e. The van der Waals surface area contributed by atoms with Gasteiger partial charge >= 0.3 is 0 Å². The van der Waals surface area contributed by atoms with E-state index in [4.69, 9.17) is 0 Å². The second-order valence-electron chi connectivity index (χ2n) is 6.38. The van der Waals surface area contributed by atoms with Crippen LogP contribution in [0.15, 0.2) is 29.6 Å². The van der Waals surface area contributed by atoms with Gasteiger partial charge in [0.25, 0.3) is 0 Å². The van der Waals surface area contributed by atoms with Gasteiger partial charge < -0.3 is 5.32 Å². The fourth-order valence-electron chi connectivity index (χ4n) is 2.05. The number of benzene rings is 1. The monoisotopic (exact) mass is 288 g/mol. The third-order valence-electron chi connectivity index (χ3n) is 3.44. The lowest BCUT2D eigenvalue weighted by molar-refractivity contribution is 0.568. The van der Waals surface area contributed by atoms with E-state index in [0.29, 0.717) is 6.04 Å². The maximum absolute atomic E-state index is 4.53. The van der Waals surface area contributed by atoms with Crippen LogP contribution in [0, 0.1) is 6.92 Å². The van der Waals surface area contributed by atoms with Crippen LogP contribution >= 0.6 is 11.3 Å². The van der Waals surface area contributed by atoms with E-state index in [1.165, 1.54) is 11.1 Å². The highest BCUT2D eigenvalue weighted by molar-refractivity contribution is 7.09. The van der Waals surface area contributed by atoms with Crippen LogP contribution in [-0.4, -0.2) is 4.98 Å². The Morgan fingerprint density at radius 1 is 1.20 bits per heavy atom. The smallest absolute Gasteiger partial charge is 0.110 e. The minimum atomic E-state index is 0.220. The first-order valence-electron chi connectivity index (χ1n) is 7.11. The highest BCUT2D eigenvalue weighted by atomic mass is 32.1. The first-order valence-corrected chi connectivity index (χ1v) is 7.99. The average molecular weight is 288 g/mol. The third-order valence-corrected chi connectivity index (χ3v) is 4.58. The van der Waals surface area contributed by atoms with Crippen LogP contribution in [0.2, 0.25) is 0 Å². The summed E-state index contributed by atoms with van der Waals surface area (Å²) in [6.07, 6.45) is 0. The fraction of sp³-hybridized carbons (Fsp3) is 0.471. The van der Waals surface area contributed by atoms with Crippen molar-refractivity contribution in [1.29, 1.82) is 0 Å². The van der Waals surface area contributed by atoms with Crippen LogP contribution in [0.3, 0.4) is 0 Å². The molecule has 1 atom stereocenters. The molecule has 1 heterocycles. The van der Waals surface area contributed by atoms with E-state index in [-0.39, 0.29) is 5.41 Å². The molecule has 0 aliphatic heterocycles. The van der Waals surface area contributed by atoms with Gasteiger partial charge in [-0.1, -0.05) is 45.0 Å². The standard InChI is InChI=1S/C17H24N2S/c1-12-11-20-16(19-12)13(2)18-10-14-6-8-15(9-7-14)17(3,4)5/h6-9,11,13,18H,10H2,1-5H3. The zero-order valence-electron chi connectivity index (χ0n) is 13.0. The Hall–Kier alpha value is -1.19. The Bertz CT molecular complexity index is 549. The lowest BCUT2D eigenvalue weighted by Crippen LogP contribution is -2.18. The molecule has 20 heavy (non-hydrogen) atoms. The Morgan fingerprint density at radius 3 is 2.35 bits per heavy atom. The first kappa shape index (κ1) is 15.2. The quantitative estimate of drug-likeness (QED) is 0.889. The Labute approximate surface area is 126 Å². The van der Waals surface area contributed by atoms with Gasteiger partial charge in [-0.3, -0.25) is 0 Å². The van der Waals surface area contributed by atoms with Crippen LogP contribution in [0.25, 0.3) is 0 Å². The van der Waals surface area contributed by atoms with Gasteiger partial charge in [-0.05, 0) is 30.4 Å². The normalized spacial score (nSPS) is 13.4. The van der Waals surface area contributed by atoms with Gasteiger partial charge in [-0.2, -0.15) is 0 Å². The molecule has 1 aromatic heterocycles. The van der Waals surface area contributed by atoms with E-state index in [1.54, 1.807) is 11.3 Å². The molecule has 0 radical (unpaired) electrons. The van der Waals surface area contributed by atoms with Gasteiger partial charge in [0.15, 0.2) is 0 Å². The number of aryl methyl sites for hydroxylation is 1. The molecular formula is C17H24N2S. The molecule has 1 unspecified atom stereocenters. The van der Waals surface area contributed by atoms with E-state index >= 15 is 0 Å². The summed E-state index contributed by atoms with van der Waals surface area (Å²) < 4.78 is 0. The molecule has 0 amide bonds. The predicted octanol–water partition coefficient (Wildman–Crippen LogP) is 4.60. The van der Waals surface area contributed by atoms with Crippen LogP contribution in [-0.2, 0) is 12.0 Å². The topological polar surface area (TPSA) is 24.9 Å². The van der Waals surface area contributed by atoms with Crippen LogP contribution < -0.4 is 5.32 Å². The van der Waals surface area contributed by atoms with Crippen molar-refractivity contribution in [2.24, 2.45) is 0 Å². The largest absolute Gasteiger partial charge is 0.304 e. The van der Waals surface area contributed by atoms with Gasteiger partial charge in [-0.25, -0.2) is 4.98 Å². The summed E-state index contributed by atoms with van der Waals surface area (Å²) >= 11 is 1.72. The minimum absolute atomic E-state index is 0.220. The summed E-state index contributed by atoms with van der Waals surface area (Å²) in [6.45, 7) is 11.8. The summed E-state index contributed by atoms with van der Waals surface area (Å²) in [7, 11) is 0. The Kier molecular flexibility index (Phi) is 4.61. The predicted molar refractivity (Wildman–Crippen MR) is 87.2 cm³/mol. The van der Waals surface area contributed by atoms with Gasteiger partial charge in [0.05, 0.1) is 6.04 Å². The highest BCUT2D eigenvalue weighted by Crippen LogP contribution is 2.22. The lowest BCUT2D eigenvalue weighted by atomic mass is 9.87. The molecule has 1 aromatic carbocycles.